The minimum absolute atomic E-state index is 0.0562. The van der Waals surface area contributed by atoms with E-state index in [2.05, 4.69) is 87.5 Å². The third kappa shape index (κ3) is 6.33. The van der Waals surface area contributed by atoms with Gasteiger partial charge in [-0.2, -0.15) is 0 Å². The van der Waals surface area contributed by atoms with Crippen LogP contribution in [0, 0.1) is 24.2 Å². The van der Waals surface area contributed by atoms with Crippen molar-refractivity contribution in [3.8, 4) is 12.3 Å². The van der Waals surface area contributed by atoms with E-state index in [0.717, 1.165) is 6.61 Å². The van der Waals surface area contributed by atoms with Gasteiger partial charge in [0.15, 0.2) is 16.6 Å². The van der Waals surface area contributed by atoms with Crippen LogP contribution in [0.1, 0.15) is 55.4 Å². The summed E-state index contributed by atoms with van der Waals surface area (Å²) in [5, 5.41) is 0.403. The number of hydrogen-bond donors (Lipinski definition) is 0. The molecule has 0 heterocycles. The lowest BCUT2D eigenvalue weighted by Gasteiger charge is -2.43. The van der Waals surface area contributed by atoms with Crippen LogP contribution in [0.5, 0.6) is 0 Å². The van der Waals surface area contributed by atoms with Gasteiger partial charge in [-0.15, -0.1) is 12.3 Å². The van der Waals surface area contributed by atoms with E-state index in [9.17, 15) is 0 Å². The van der Waals surface area contributed by atoms with Gasteiger partial charge in [0.25, 0.3) is 0 Å². The molecule has 142 valence electrons. The molecule has 2 nitrogen and oxygen atoms in total. The van der Waals surface area contributed by atoms with Crippen LogP contribution < -0.4 is 0 Å². The fourth-order valence-corrected chi connectivity index (χ4v) is 4.56. The lowest BCUT2D eigenvalue weighted by Crippen LogP contribution is -2.49. The maximum atomic E-state index is 6.70. The zero-order valence-corrected chi connectivity index (χ0v) is 20.3. The first-order chi connectivity index (χ1) is 10.5. The van der Waals surface area contributed by atoms with Crippen molar-refractivity contribution in [2.75, 3.05) is 6.61 Å². The summed E-state index contributed by atoms with van der Waals surface area (Å²) in [6, 6.07) is 0. The summed E-state index contributed by atoms with van der Waals surface area (Å²) in [4.78, 5) is 0. The Balaban J connectivity index is 5.19. The van der Waals surface area contributed by atoms with Gasteiger partial charge in [-0.3, -0.25) is 0 Å². The summed E-state index contributed by atoms with van der Waals surface area (Å²) in [6.07, 6.45) is 5.80. The Morgan fingerprint density at radius 2 is 1.29 bits per heavy atom. The first-order valence-corrected chi connectivity index (χ1v) is 15.1. The molecule has 3 atom stereocenters. The van der Waals surface area contributed by atoms with E-state index in [1.165, 1.54) is 0 Å². The van der Waals surface area contributed by atoms with E-state index in [4.69, 9.17) is 15.3 Å². The van der Waals surface area contributed by atoms with Crippen LogP contribution in [-0.2, 0) is 8.85 Å². The molecule has 0 saturated carbocycles. The third-order valence-corrected chi connectivity index (χ3v) is 15.0. The standard InChI is InChI=1S/C20H42O2Si2/c1-14-16(2)18(22-24(12,13)20(7,8)9)17(3)15-21-23(10,11)19(4,5)6/h1,16-18H,15H2,2-13H3/t16-,17-,18-/m1/s1. The minimum Gasteiger partial charge on any atom is -0.416 e. The largest absolute Gasteiger partial charge is 0.416 e. The highest BCUT2D eigenvalue weighted by atomic mass is 28.4. The lowest BCUT2D eigenvalue weighted by atomic mass is 9.95. The van der Waals surface area contributed by atoms with E-state index in [0.29, 0.717) is 5.92 Å². The molecule has 4 heteroatoms. The highest BCUT2D eigenvalue weighted by Gasteiger charge is 2.42. The molecule has 0 aromatic rings. The summed E-state index contributed by atoms with van der Waals surface area (Å²) in [5.41, 5.74) is 0. The highest BCUT2D eigenvalue weighted by molar-refractivity contribution is 6.74. The summed E-state index contributed by atoms with van der Waals surface area (Å²) < 4.78 is 13.1. The van der Waals surface area contributed by atoms with Crippen molar-refractivity contribution in [3.63, 3.8) is 0 Å². The summed E-state index contributed by atoms with van der Waals surface area (Å²) in [5.74, 6) is 3.29. The van der Waals surface area contributed by atoms with Crippen LogP contribution in [0.3, 0.4) is 0 Å². The fraction of sp³-hybridized carbons (Fsp3) is 0.900. The van der Waals surface area contributed by atoms with Crippen molar-refractivity contribution in [1.82, 2.24) is 0 Å². The Morgan fingerprint density at radius 3 is 1.62 bits per heavy atom. The Morgan fingerprint density at radius 1 is 0.875 bits per heavy atom. The second kappa shape index (κ2) is 8.08. The molecule has 0 radical (unpaired) electrons. The van der Waals surface area contributed by atoms with Gasteiger partial charge in [-0.25, -0.2) is 0 Å². The second-order valence-electron chi connectivity index (χ2n) is 10.3. The Labute approximate surface area is 154 Å². The van der Waals surface area contributed by atoms with Crippen molar-refractivity contribution < 1.29 is 8.85 Å². The average molecular weight is 371 g/mol. The van der Waals surface area contributed by atoms with Gasteiger partial charge in [0.1, 0.15) is 0 Å². The molecule has 0 aliphatic carbocycles. The zero-order valence-electron chi connectivity index (χ0n) is 18.3. The molecule has 0 rings (SSSR count). The molecular formula is C20H42O2Si2. The molecule has 0 aliphatic heterocycles. The van der Waals surface area contributed by atoms with Crippen LogP contribution in [0.4, 0.5) is 0 Å². The Kier molecular flexibility index (Phi) is 8.05. The maximum absolute atomic E-state index is 6.70. The van der Waals surface area contributed by atoms with Crippen molar-refractivity contribution in [2.24, 2.45) is 11.8 Å². The van der Waals surface area contributed by atoms with Crippen molar-refractivity contribution in [1.29, 1.82) is 0 Å². The van der Waals surface area contributed by atoms with Crippen molar-refractivity contribution in [3.05, 3.63) is 0 Å². The third-order valence-electron chi connectivity index (χ3n) is 6.07. The van der Waals surface area contributed by atoms with E-state index in [-0.39, 0.29) is 22.1 Å². The molecule has 0 aromatic heterocycles. The zero-order chi connectivity index (χ0) is 19.6. The van der Waals surface area contributed by atoms with Crippen LogP contribution in [-0.4, -0.2) is 29.3 Å². The second-order valence-corrected chi connectivity index (χ2v) is 19.9. The SMILES string of the molecule is C#C[C@@H](C)[C@@H](O[Si](C)(C)C(C)(C)C)[C@H](C)CO[Si](C)(C)C(C)(C)C. The Bertz CT molecular complexity index is 436. The van der Waals surface area contributed by atoms with Gasteiger partial charge < -0.3 is 8.85 Å². The van der Waals surface area contributed by atoms with Crippen molar-refractivity contribution >= 4 is 16.6 Å². The minimum atomic E-state index is -1.86. The van der Waals surface area contributed by atoms with Crippen LogP contribution in [0.2, 0.25) is 36.3 Å². The predicted octanol–water partition coefficient (Wildman–Crippen LogP) is 6.30. The molecule has 0 saturated heterocycles. The molecule has 24 heavy (non-hydrogen) atoms. The smallest absolute Gasteiger partial charge is 0.192 e. The lowest BCUT2D eigenvalue weighted by molar-refractivity contribution is 0.0653. The quantitative estimate of drug-likeness (QED) is 0.386. The maximum Gasteiger partial charge on any atom is 0.192 e. The molecule has 0 aliphatic rings. The van der Waals surface area contributed by atoms with E-state index in [1.54, 1.807) is 0 Å². The average Bonchev–Trinajstić information content (AvgIpc) is 2.38. The molecular weight excluding hydrogens is 328 g/mol. The van der Waals surface area contributed by atoms with Gasteiger partial charge in [0.2, 0.25) is 0 Å². The topological polar surface area (TPSA) is 18.5 Å². The van der Waals surface area contributed by atoms with Crippen molar-refractivity contribution in [2.45, 2.75) is 97.8 Å². The summed E-state index contributed by atoms with van der Waals surface area (Å²) >= 11 is 0. The van der Waals surface area contributed by atoms with Gasteiger partial charge in [-0.1, -0.05) is 48.5 Å². The number of rotatable bonds is 7. The summed E-state index contributed by atoms with van der Waals surface area (Å²) in [6.45, 7) is 27.9. The number of hydrogen-bond acceptors (Lipinski definition) is 2. The summed E-state index contributed by atoms with van der Waals surface area (Å²) in [7, 11) is -3.61. The van der Waals surface area contributed by atoms with Gasteiger partial charge in [0, 0.05) is 18.4 Å². The normalized spacial score (nSPS) is 18.0. The first-order valence-electron chi connectivity index (χ1n) is 9.24. The number of terminal acetylenes is 1. The fourth-order valence-electron chi connectivity index (χ4n) is 1.97. The molecule has 0 fully saturated rings. The molecule has 0 N–H and O–H groups in total. The Hall–Kier alpha value is -0.0862. The van der Waals surface area contributed by atoms with E-state index in [1.807, 2.05) is 0 Å². The van der Waals surface area contributed by atoms with E-state index < -0.39 is 16.6 Å². The molecule has 0 amide bonds. The predicted molar refractivity (Wildman–Crippen MR) is 112 cm³/mol. The van der Waals surface area contributed by atoms with Crippen LogP contribution >= 0.6 is 0 Å². The molecule has 0 bridgehead atoms. The van der Waals surface area contributed by atoms with Gasteiger partial charge in [-0.05, 0) is 43.2 Å². The first kappa shape index (κ1) is 23.9. The van der Waals surface area contributed by atoms with Gasteiger partial charge in [0.05, 0.1) is 6.10 Å². The molecule has 0 unspecified atom stereocenters. The molecule has 0 spiro atoms. The van der Waals surface area contributed by atoms with Crippen LogP contribution in [0.15, 0.2) is 0 Å². The van der Waals surface area contributed by atoms with Gasteiger partial charge >= 0.3 is 0 Å². The molecule has 0 aromatic carbocycles. The van der Waals surface area contributed by atoms with E-state index >= 15 is 0 Å². The monoisotopic (exact) mass is 370 g/mol. The van der Waals surface area contributed by atoms with Crippen LogP contribution in [0.25, 0.3) is 0 Å². The highest BCUT2D eigenvalue weighted by Crippen LogP contribution is 2.40.